The van der Waals surface area contributed by atoms with Gasteiger partial charge in [0.15, 0.2) is 0 Å². The zero-order valence-electron chi connectivity index (χ0n) is 9.38. The lowest BCUT2D eigenvalue weighted by atomic mass is 10.4. The third-order valence-electron chi connectivity index (χ3n) is 1.76. The van der Waals surface area contributed by atoms with Crippen molar-refractivity contribution >= 4 is 16.5 Å². The molecule has 0 unspecified atom stereocenters. The van der Waals surface area contributed by atoms with E-state index >= 15 is 0 Å². The molecule has 0 aliphatic rings. The van der Waals surface area contributed by atoms with Crippen LogP contribution >= 0.6 is 11.3 Å². The van der Waals surface area contributed by atoms with Crippen LogP contribution in [-0.4, -0.2) is 30.0 Å². The normalized spacial score (nSPS) is 11.8. The Bertz CT molecular complexity index is 330. The number of hydrogen-bond acceptors (Lipinski definition) is 5. The third kappa shape index (κ3) is 5.31. The molecule has 0 aromatic carbocycles. The van der Waals surface area contributed by atoms with E-state index in [0.29, 0.717) is 31.1 Å². The Morgan fingerprint density at radius 2 is 2.06 bits per heavy atom. The first-order valence-corrected chi connectivity index (χ1v) is 6.08. The Kier molecular flexibility index (Phi) is 5.63. The molecule has 1 aromatic rings. The summed E-state index contributed by atoms with van der Waals surface area (Å²) in [4.78, 5) is 0. The van der Waals surface area contributed by atoms with Gasteiger partial charge in [-0.3, -0.25) is 0 Å². The Hall–Kier alpha value is -0.890. The molecule has 0 spiro atoms. The van der Waals surface area contributed by atoms with Crippen LogP contribution in [0.5, 0.6) is 0 Å². The van der Waals surface area contributed by atoms with Crippen molar-refractivity contribution in [3.63, 3.8) is 0 Å². The van der Waals surface area contributed by atoms with Gasteiger partial charge in [-0.25, -0.2) is 0 Å². The second kappa shape index (κ2) is 6.75. The predicted molar refractivity (Wildman–Crippen MR) is 59.1 cm³/mol. The first-order chi connectivity index (χ1) is 8.04. The van der Waals surface area contributed by atoms with Gasteiger partial charge in [-0.1, -0.05) is 18.3 Å². The monoisotopic (exact) mass is 269 g/mol. The van der Waals surface area contributed by atoms with Crippen LogP contribution in [0.2, 0.25) is 0 Å². The van der Waals surface area contributed by atoms with Crippen LogP contribution in [0.25, 0.3) is 0 Å². The second-order valence-corrected chi connectivity index (χ2v) is 4.28. The van der Waals surface area contributed by atoms with Gasteiger partial charge in [0.1, 0.15) is 0 Å². The SMILES string of the molecule is CCCOCCCNc1nnc(C(F)(F)F)s1. The summed E-state index contributed by atoms with van der Waals surface area (Å²) in [6.45, 7) is 3.83. The van der Waals surface area contributed by atoms with Crippen molar-refractivity contribution in [3.8, 4) is 0 Å². The topological polar surface area (TPSA) is 47.0 Å². The Morgan fingerprint density at radius 1 is 1.29 bits per heavy atom. The maximum Gasteiger partial charge on any atom is 0.445 e. The van der Waals surface area contributed by atoms with E-state index in [4.69, 9.17) is 4.74 Å². The van der Waals surface area contributed by atoms with Crippen molar-refractivity contribution < 1.29 is 17.9 Å². The van der Waals surface area contributed by atoms with Crippen LogP contribution in [0.1, 0.15) is 24.8 Å². The molecule has 0 radical (unpaired) electrons. The first-order valence-electron chi connectivity index (χ1n) is 5.26. The molecule has 0 amide bonds. The second-order valence-electron chi connectivity index (χ2n) is 3.30. The van der Waals surface area contributed by atoms with Gasteiger partial charge in [-0.15, -0.1) is 10.2 Å². The first kappa shape index (κ1) is 14.2. The number of ether oxygens (including phenoxy) is 1. The molecule has 1 aromatic heterocycles. The molecule has 0 fully saturated rings. The fraction of sp³-hybridized carbons (Fsp3) is 0.778. The highest BCUT2D eigenvalue weighted by Crippen LogP contribution is 2.32. The minimum atomic E-state index is -4.41. The number of halogens is 3. The largest absolute Gasteiger partial charge is 0.445 e. The van der Waals surface area contributed by atoms with E-state index in [1.165, 1.54) is 0 Å². The molecule has 8 heteroatoms. The Balaban J connectivity index is 2.21. The van der Waals surface area contributed by atoms with Crippen LogP contribution in [0, 0.1) is 0 Å². The average molecular weight is 269 g/mol. The van der Waals surface area contributed by atoms with Gasteiger partial charge in [0.05, 0.1) is 0 Å². The van der Waals surface area contributed by atoms with Crippen molar-refractivity contribution in [2.75, 3.05) is 25.1 Å². The highest BCUT2D eigenvalue weighted by atomic mass is 32.1. The molecular formula is C9H14F3N3OS. The Morgan fingerprint density at radius 3 is 2.65 bits per heavy atom. The van der Waals surface area contributed by atoms with Crippen LogP contribution in [0.3, 0.4) is 0 Å². The minimum Gasteiger partial charge on any atom is -0.381 e. The molecule has 98 valence electrons. The molecule has 1 N–H and O–H groups in total. The van der Waals surface area contributed by atoms with Gasteiger partial charge < -0.3 is 10.1 Å². The summed E-state index contributed by atoms with van der Waals surface area (Å²) >= 11 is 0.509. The lowest BCUT2D eigenvalue weighted by Crippen LogP contribution is -2.05. The fourth-order valence-corrected chi connectivity index (χ4v) is 1.66. The Labute approximate surface area is 101 Å². The molecule has 0 atom stereocenters. The standard InChI is InChI=1S/C9H14F3N3OS/c1-2-5-16-6-3-4-13-8-15-14-7(17-8)9(10,11)12/h2-6H2,1H3,(H,13,15). The molecule has 0 aliphatic carbocycles. The zero-order valence-corrected chi connectivity index (χ0v) is 10.2. The molecule has 0 aliphatic heterocycles. The van der Waals surface area contributed by atoms with Crippen molar-refractivity contribution in [3.05, 3.63) is 5.01 Å². The molecular weight excluding hydrogens is 255 g/mol. The summed E-state index contributed by atoms with van der Waals surface area (Å²) in [7, 11) is 0. The highest BCUT2D eigenvalue weighted by molar-refractivity contribution is 7.15. The quantitative estimate of drug-likeness (QED) is 0.773. The molecule has 0 saturated carbocycles. The zero-order chi connectivity index (χ0) is 12.7. The van der Waals surface area contributed by atoms with E-state index in [1.807, 2.05) is 6.92 Å². The van der Waals surface area contributed by atoms with Crippen LogP contribution < -0.4 is 5.32 Å². The van der Waals surface area contributed by atoms with E-state index in [1.54, 1.807) is 0 Å². The van der Waals surface area contributed by atoms with Crippen LogP contribution in [-0.2, 0) is 10.9 Å². The number of nitrogens with zero attached hydrogens (tertiary/aromatic N) is 2. The number of aromatic nitrogens is 2. The molecule has 1 heterocycles. The molecule has 4 nitrogen and oxygen atoms in total. The lowest BCUT2D eigenvalue weighted by Gasteiger charge is -2.03. The summed E-state index contributed by atoms with van der Waals surface area (Å²) in [5.41, 5.74) is 0. The number of hydrogen-bond donors (Lipinski definition) is 1. The van der Waals surface area contributed by atoms with Gasteiger partial charge in [-0.05, 0) is 12.8 Å². The summed E-state index contributed by atoms with van der Waals surface area (Å²) in [6.07, 6.45) is -2.73. The summed E-state index contributed by atoms with van der Waals surface area (Å²) in [6, 6.07) is 0. The number of rotatable bonds is 7. The number of anilines is 1. The smallest absolute Gasteiger partial charge is 0.381 e. The van der Waals surface area contributed by atoms with E-state index in [0.717, 1.165) is 12.8 Å². The molecule has 0 bridgehead atoms. The lowest BCUT2D eigenvalue weighted by molar-refractivity contribution is -0.138. The maximum absolute atomic E-state index is 12.2. The highest BCUT2D eigenvalue weighted by Gasteiger charge is 2.35. The summed E-state index contributed by atoms with van der Waals surface area (Å²) in [5.74, 6) is 0. The molecule has 17 heavy (non-hydrogen) atoms. The van der Waals surface area contributed by atoms with Crippen LogP contribution in [0.15, 0.2) is 0 Å². The third-order valence-corrected chi connectivity index (χ3v) is 2.68. The van der Waals surface area contributed by atoms with Crippen molar-refractivity contribution in [1.29, 1.82) is 0 Å². The van der Waals surface area contributed by atoms with Gasteiger partial charge in [0.2, 0.25) is 10.1 Å². The van der Waals surface area contributed by atoms with Crippen molar-refractivity contribution in [1.82, 2.24) is 10.2 Å². The summed E-state index contributed by atoms with van der Waals surface area (Å²) < 4.78 is 41.8. The van der Waals surface area contributed by atoms with Crippen molar-refractivity contribution in [2.24, 2.45) is 0 Å². The fourth-order valence-electron chi connectivity index (χ4n) is 1.03. The molecule has 0 saturated heterocycles. The number of alkyl halides is 3. The average Bonchev–Trinajstić information content (AvgIpc) is 2.71. The minimum absolute atomic E-state index is 0.188. The van der Waals surface area contributed by atoms with E-state index in [-0.39, 0.29) is 5.13 Å². The summed E-state index contributed by atoms with van der Waals surface area (Å²) in [5, 5.41) is 8.52. The van der Waals surface area contributed by atoms with Crippen molar-refractivity contribution in [2.45, 2.75) is 25.9 Å². The van der Waals surface area contributed by atoms with Gasteiger partial charge in [-0.2, -0.15) is 13.2 Å². The number of nitrogens with one attached hydrogen (secondary N) is 1. The van der Waals surface area contributed by atoms with E-state index < -0.39 is 11.2 Å². The van der Waals surface area contributed by atoms with E-state index in [2.05, 4.69) is 15.5 Å². The van der Waals surface area contributed by atoms with Gasteiger partial charge >= 0.3 is 6.18 Å². The van der Waals surface area contributed by atoms with Gasteiger partial charge in [0.25, 0.3) is 0 Å². The van der Waals surface area contributed by atoms with Crippen LogP contribution in [0.4, 0.5) is 18.3 Å². The van der Waals surface area contributed by atoms with Gasteiger partial charge in [0, 0.05) is 19.8 Å². The maximum atomic E-state index is 12.2. The predicted octanol–water partition coefficient (Wildman–Crippen LogP) is 2.79. The molecule has 1 rings (SSSR count). The van der Waals surface area contributed by atoms with E-state index in [9.17, 15) is 13.2 Å².